The van der Waals surface area contributed by atoms with Crippen LogP contribution in [0.25, 0.3) is 0 Å². The van der Waals surface area contributed by atoms with Gasteiger partial charge in [0.2, 0.25) is 0 Å². The number of rotatable bonds is 3. The zero-order chi connectivity index (χ0) is 12.3. The van der Waals surface area contributed by atoms with Gasteiger partial charge < -0.3 is 10.4 Å². The molecule has 0 bridgehead atoms. The van der Waals surface area contributed by atoms with Crippen LogP contribution in [0.15, 0.2) is 22.7 Å². The van der Waals surface area contributed by atoms with Crippen molar-refractivity contribution in [1.29, 1.82) is 0 Å². The highest BCUT2D eigenvalue weighted by Gasteiger charge is 2.32. The quantitative estimate of drug-likeness (QED) is 0.899. The van der Waals surface area contributed by atoms with E-state index in [2.05, 4.69) is 21.2 Å². The lowest BCUT2D eigenvalue weighted by atomic mass is 9.75. The van der Waals surface area contributed by atoms with Gasteiger partial charge in [0.25, 0.3) is 0 Å². The molecular formula is C13H17BrFNO. The molecule has 0 atom stereocenters. The first-order chi connectivity index (χ1) is 8.15. The van der Waals surface area contributed by atoms with Crippen LogP contribution in [0.4, 0.5) is 4.39 Å². The van der Waals surface area contributed by atoms with E-state index in [0.29, 0.717) is 0 Å². The number of benzene rings is 1. The summed E-state index contributed by atoms with van der Waals surface area (Å²) < 4.78 is 13.8. The van der Waals surface area contributed by atoms with E-state index in [9.17, 15) is 9.50 Å². The lowest BCUT2D eigenvalue weighted by molar-refractivity contribution is 0.0891. The molecule has 0 aromatic heterocycles. The molecule has 1 aromatic rings. The molecule has 0 saturated carbocycles. The molecule has 0 radical (unpaired) electrons. The predicted molar refractivity (Wildman–Crippen MR) is 69.4 cm³/mol. The fraction of sp³-hybridized carbons (Fsp3) is 0.538. The monoisotopic (exact) mass is 301 g/mol. The molecule has 0 spiro atoms. The highest BCUT2D eigenvalue weighted by molar-refractivity contribution is 9.10. The van der Waals surface area contributed by atoms with Crippen molar-refractivity contribution >= 4 is 15.9 Å². The van der Waals surface area contributed by atoms with Crippen molar-refractivity contribution in [3.63, 3.8) is 0 Å². The zero-order valence-corrected chi connectivity index (χ0v) is 11.3. The zero-order valence-electron chi connectivity index (χ0n) is 9.68. The van der Waals surface area contributed by atoms with Crippen LogP contribution < -0.4 is 5.32 Å². The Labute approximate surface area is 109 Å². The number of nitrogens with one attached hydrogen (secondary N) is 1. The predicted octanol–water partition coefficient (Wildman–Crippen LogP) is 2.49. The molecule has 2 nitrogen and oxygen atoms in total. The fourth-order valence-electron chi connectivity index (χ4n) is 2.42. The second-order valence-electron chi connectivity index (χ2n) is 4.82. The Hall–Kier alpha value is -0.450. The molecule has 2 N–H and O–H groups in total. The van der Waals surface area contributed by atoms with E-state index in [1.165, 1.54) is 12.1 Å². The highest BCUT2D eigenvalue weighted by Crippen LogP contribution is 2.34. The third-order valence-electron chi connectivity index (χ3n) is 3.58. The van der Waals surface area contributed by atoms with Crippen molar-refractivity contribution in [2.75, 3.05) is 19.7 Å². The summed E-state index contributed by atoms with van der Waals surface area (Å²) in [5.41, 5.74) is 1.02. The summed E-state index contributed by atoms with van der Waals surface area (Å²) in [6, 6.07) is 4.77. The normalized spacial score (nSPS) is 19.2. The number of hydrogen-bond donors (Lipinski definition) is 2. The van der Waals surface area contributed by atoms with Gasteiger partial charge in [0.15, 0.2) is 0 Å². The minimum atomic E-state index is -0.232. The molecular weight excluding hydrogens is 285 g/mol. The summed E-state index contributed by atoms with van der Waals surface area (Å²) in [5.74, 6) is -0.232. The molecule has 1 aromatic carbocycles. The van der Waals surface area contributed by atoms with Gasteiger partial charge in [0, 0.05) is 11.1 Å². The largest absolute Gasteiger partial charge is 0.396 e. The Kier molecular flexibility index (Phi) is 4.17. The molecule has 1 saturated heterocycles. The van der Waals surface area contributed by atoms with Gasteiger partial charge in [-0.1, -0.05) is 22.0 Å². The number of piperidine rings is 1. The molecule has 1 fully saturated rings. The average Bonchev–Trinajstić information content (AvgIpc) is 2.34. The second-order valence-corrected chi connectivity index (χ2v) is 5.67. The van der Waals surface area contributed by atoms with Gasteiger partial charge >= 0.3 is 0 Å². The molecule has 17 heavy (non-hydrogen) atoms. The summed E-state index contributed by atoms with van der Waals surface area (Å²) in [7, 11) is 0. The third kappa shape index (κ3) is 3.06. The molecule has 94 valence electrons. The minimum Gasteiger partial charge on any atom is -0.396 e. The fourth-order valence-corrected chi connectivity index (χ4v) is 2.91. The number of aliphatic hydroxyl groups excluding tert-OH is 1. The first-order valence-corrected chi connectivity index (χ1v) is 6.70. The van der Waals surface area contributed by atoms with Gasteiger partial charge in [-0.3, -0.25) is 0 Å². The Bertz CT molecular complexity index is 391. The maximum atomic E-state index is 13.0. The van der Waals surface area contributed by atoms with E-state index in [0.717, 1.165) is 42.4 Å². The van der Waals surface area contributed by atoms with Crippen LogP contribution in [0.3, 0.4) is 0 Å². The molecule has 0 aliphatic carbocycles. The highest BCUT2D eigenvalue weighted by atomic mass is 79.9. The van der Waals surface area contributed by atoms with Crippen LogP contribution in [-0.2, 0) is 6.42 Å². The molecule has 2 rings (SSSR count). The summed E-state index contributed by atoms with van der Waals surface area (Å²) in [6.07, 6.45) is 2.73. The van der Waals surface area contributed by atoms with Gasteiger partial charge in [-0.2, -0.15) is 0 Å². The van der Waals surface area contributed by atoms with E-state index in [4.69, 9.17) is 0 Å². The van der Waals surface area contributed by atoms with E-state index >= 15 is 0 Å². The van der Waals surface area contributed by atoms with Crippen molar-refractivity contribution in [2.45, 2.75) is 19.3 Å². The standard InChI is InChI=1S/C13H17BrFNO/c14-12-7-11(15)2-1-10(12)8-13(9-17)3-5-16-6-4-13/h1-2,7,16-17H,3-6,8-9H2. The van der Waals surface area contributed by atoms with Gasteiger partial charge in [-0.05, 0) is 55.5 Å². The number of halogens is 2. The lowest BCUT2D eigenvalue weighted by Gasteiger charge is -2.36. The molecule has 1 heterocycles. The first-order valence-electron chi connectivity index (χ1n) is 5.91. The second kappa shape index (κ2) is 5.46. The molecule has 1 aliphatic heterocycles. The van der Waals surface area contributed by atoms with Crippen LogP contribution in [-0.4, -0.2) is 24.8 Å². The maximum Gasteiger partial charge on any atom is 0.124 e. The number of aliphatic hydroxyl groups is 1. The van der Waals surface area contributed by atoms with Crippen molar-refractivity contribution in [3.8, 4) is 0 Å². The van der Waals surface area contributed by atoms with E-state index in [1.807, 2.05) is 0 Å². The summed E-state index contributed by atoms with van der Waals surface area (Å²) in [5, 5.41) is 12.9. The molecule has 4 heteroatoms. The SMILES string of the molecule is OCC1(Cc2ccc(F)cc2Br)CCNCC1. The average molecular weight is 302 g/mol. The third-order valence-corrected chi connectivity index (χ3v) is 4.32. The summed E-state index contributed by atoms with van der Waals surface area (Å²) in [6.45, 7) is 2.08. The van der Waals surface area contributed by atoms with Crippen LogP contribution in [0.5, 0.6) is 0 Å². The minimum absolute atomic E-state index is 0.0500. The van der Waals surface area contributed by atoms with Crippen LogP contribution >= 0.6 is 15.9 Å². The van der Waals surface area contributed by atoms with Gasteiger partial charge in [0.05, 0.1) is 0 Å². The van der Waals surface area contributed by atoms with Gasteiger partial charge in [-0.25, -0.2) is 4.39 Å². The van der Waals surface area contributed by atoms with Crippen LogP contribution in [0, 0.1) is 11.2 Å². The lowest BCUT2D eigenvalue weighted by Crippen LogP contribution is -2.40. The number of hydrogen-bond acceptors (Lipinski definition) is 2. The smallest absolute Gasteiger partial charge is 0.124 e. The van der Waals surface area contributed by atoms with Gasteiger partial charge in [-0.15, -0.1) is 0 Å². The molecule has 0 amide bonds. The first kappa shape index (κ1) is 13.0. The molecule has 0 unspecified atom stereocenters. The van der Waals surface area contributed by atoms with E-state index in [-0.39, 0.29) is 17.8 Å². The summed E-state index contributed by atoms with van der Waals surface area (Å²) >= 11 is 3.39. The van der Waals surface area contributed by atoms with Crippen LogP contribution in [0.1, 0.15) is 18.4 Å². The van der Waals surface area contributed by atoms with E-state index in [1.54, 1.807) is 6.07 Å². The van der Waals surface area contributed by atoms with Crippen molar-refractivity contribution in [3.05, 3.63) is 34.1 Å². The maximum absolute atomic E-state index is 13.0. The Morgan fingerprint density at radius 1 is 1.35 bits per heavy atom. The van der Waals surface area contributed by atoms with Crippen molar-refractivity contribution < 1.29 is 9.50 Å². The Morgan fingerprint density at radius 3 is 2.65 bits per heavy atom. The van der Waals surface area contributed by atoms with Crippen LogP contribution in [0.2, 0.25) is 0 Å². The van der Waals surface area contributed by atoms with Crippen molar-refractivity contribution in [2.24, 2.45) is 5.41 Å². The topological polar surface area (TPSA) is 32.3 Å². The van der Waals surface area contributed by atoms with Crippen molar-refractivity contribution in [1.82, 2.24) is 5.32 Å². The Morgan fingerprint density at radius 2 is 2.06 bits per heavy atom. The molecule has 1 aliphatic rings. The van der Waals surface area contributed by atoms with Gasteiger partial charge in [0.1, 0.15) is 5.82 Å². The Balaban J connectivity index is 2.17. The van der Waals surface area contributed by atoms with E-state index < -0.39 is 0 Å². The summed E-state index contributed by atoms with van der Waals surface area (Å²) in [4.78, 5) is 0.